The fourth-order valence-corrected chi connectivity index (χ4v) is 11.1. The van der Waals surface area contributed by atoms with Crippen LogP contribution < -0.4 is 5.32 Å². The summed E-state index contributed by atoms with van der Waals surface area (Å²) in [6, 6.07) is -0.870. The Kier molecular flexibility index (Phi) is 59.8. The van der Waals surface area contributed by atoms with Crippen LogP contribution in [0.5, 0.6) is 0 Å². The lowest BCUT2D eigenvalue weighted by Crippen LogP contribution is -2.45. The summed E-state index contributed by atoms with van der Waals surface area (Å²) in [6.45, 7) is 4.83. The van der Waals surface area contributed by atoms with E-state index >= 15 is 0 Å². The van der Waals surface area contributed by atoms with Crippen LogP contribution in [-0.2, 0) is 18.4 Å². The van der Waals surface area contributed by atoms with Gasteiger partial charge in [-0.25, -0.2) is 4.57 Å². The summed E-state index contributed by atoms with van der Waals surface area (Å²) in [6.07, 6.45) is 82.7. The van der Waals surface area contributed by atoms with Crippen LogP contribution in [0.1, 0.15) is 341 Å². The summed E-state index contributed by atoms with van der Waals surface area (Å²) in [5.74, 6) is -0.185. The molecular formula is C70H136N2O6P+. The fourth-order valence-electron chi connectivity index (χ4n) is 10.4. The Labute approximate surface area is 492 Å². The van der Waals surface area contributed by atoms with Gasteiger partial charge in [-0.05, 0) is 70.6 Å². The second kappa shape index (κ2) is 61.0. The molecular weight excluding hydrogens is 996 g/mol. The molecule has 0 heterocycles. The van der Waals surface area contributed by atoms with E-state index in [1.807, 2.05) is 27.2 Å². The Morgan fingerprint density at radius 3 is 1.01 bits per heavy atom. The maximum Gasteiger partial charge on any atom is 0.472 e. The van der Waals surface area contributed by atoms with E-state index in [9.17, 15) is 19.4 Å². The standard InChI is InChI=1S/C70H135N2O6P/c1-6-8-10-12-14-16-18-20-22-24-26-28-30-31-32-33-34-35-36-37-38-39-40-41-42-44-46-48-50-52-54-56-58-60-62-64-70(74)71-68(67-78-79(75,76)77-66-65-72(3,4)5)69(73)63-61-59-57-55-53-51-49-47-45-43-29-27-25-23-21-19-17-15-13-11-9-7-2/h24,26,45,47,53,55,61,63,68-69,73H,6-23,25,27-44,46,48-52,54,56-60,62,64-67H2,1-5H3,(H-,71,74,75,76)/p+1/b26-24-,47-45+,55-53+,63-61+. The molecule has 3 atom stereocenters. The van der Waals surface area contributed by atoms with Gasteiger partial charge in [0.2, 0.25) is 5.91 Å². The van der Waals surface area contributed by atoms with Gasteiger partial charge in [-0.3, -0.25) is 13.8 Å². The van der Waals surface area contributed by atoms with E-state index in [0.717, 1.165) is 44.9 Å². The lowest BCUT2D eigenvalue weighted by Gasteiger charge is -2.25. The summed E-state index contributed by atoms with van der Waals surface area (Å²) in [5, 5.41) is 14.0. The van der Waals surface area contributed by atoms with Gasteiger partial charge in [0.25, 0.3) is 0 Å². The van der Waals surface area contributed by atoms with Crippen LogP contribution in [0.2, 0.25) is 0 Å². The zero-order chi connectivity index (χ0) is 57.7. The smallest absolute Gasteiger partial charge is 0.387 e. The highest BCUT2D eigenvalue weighted by molar-refractivity contribution is 7.47. The van der Waals surface area contributed by atoms with E-state index in [0.29, 0.717) is 17.4 Å². The topological polar surface area (TPSA) is 105 Å². The van der Waals surface area contributed by atoms with Crippen LogP contribution in [0.3, 0.4) is 0 Å². The first-order chi connectivity index (χ1) is 38.5. The Morgan fingerprint density at radius 1 is 0.418 bits per heavy atom. The number of amides is 1. The highest BCUT2D eigenvalue weighted by Gasteiger charge is 2.28. The summed E-state index contributed by atoms with van der Waals surface area (Å²) < 4.78 is 23.8. The molecule has 0 aromatic heterocycles. The van der Waals surface area contributed by atoms with Crippen molar-refractivity contribution in [3.8, 4) is 0 Å². The van der Waals surface area contributed by atoms with E-state index in [1.54, 1.807) is 6.08 Å². The predicted molar refractivity (Wildman–Crippen MR) is 346 cm³/mol. The number of carbonyl (C=O) groups is 1. The number of carbonyl (C=O) groups excluding carboxylic acids is 1. The van der Waals surface area contributed by atoms with Gasteiger partial charge in [0.15, 0.2) is 0 Å². The maximum absolute atomic E-state index is 13.0. The lowest BCUT2D eigenvalue weighted by molar-refractivity contribution is -0.870. The third-order valence-corrected chi connectivity index (χ3v) is 16.7. The average Bonchev–Trinajstić information content (AvgIpc) is 3.42. The molecule has 0 aliphatic heterocycles. The summed E-state index contributed by atoms with van der Waals surface area (Å²) >= 11 is 0. The van der Waals surface area contributed by atoms with Crippen LogP contribution in [0, 0.1) is 0 Å². The summed E-state index contributed by atoms with van der Waals surface area (Å²) in [5.41, 5.74) is 0. The number of hydrogen-bond donors (Lipinski definition) is 3. The molecule has 0 fully saturated rings. The van der Waals surface area contributed by atoms with Crippen molar-refractivity contribution in [3.63, 3.8) is 0 Å². The number of phosphoric ester groups is 1. The van der Waals surface area contributed by atoms with E-state index < -0.39 is 20.0 Å². The highest BCUT2D eigenvalue weighted by Crippen LogP contribution is 2.43. The number of nitrogens with one attached hydrogen (secondary N) is 1. The predicted octanol–water partition coefficient (Wildman–Crippen LogP) is 21.8. The molecule has 0 aliphatic carbocycles. The minimum atomic E-state index is -4.36. The summed E-state index contributed by atoms with van der Waals surface area (Å²) in [7, 11) is 1.56. The lowest BCUT2D eigenvalue weighted by atomic mass is 10.0. The SMILES string of the molecule is CCCCCCCCCC/C=C\CCCCCCCCCCCCCCCCCCCCCCCCCC(=O)NC(COP(=O)(O)OCC[N+](C)(C)C)C(O)/C=C/CC/C=C/CC/C=C/CCCCCCCCCCCCCC. The number of likely N-dealkylation sites (N-methyl/N-ethyl adjacent to an activating group) is 1. The molecule has 0 spiro atoms. The molecule has 0 rings (SSSR count). The zero-order valence-electron chi connectivity index (χ0n) is 53.4. The number of aliphatic hydroxyl groups is 1. The van der Waals surface area contributed by atoms with Crippen LogP contribution >= 0.6 is 7.82 Å². The molecule has 0 aromatic rings. The van der Waals surface area contributed by atoms with Gasteiger partial charge in [-0.15, -0.1) is 0 Å². The van der Waals surface area contributed by atoms with E-state index in [2.05, 4.69) is 55.6 Å². The highest BCUT2D eigenvalue weighted by atomic mass is 31.2. The molecule has 0 aliphatic rings. The molecule has 8 nitrogen and oxygen atoms in total. The van der Waals surface area contributed by atoms with E-state index in [-0.39, 0.29) is 19.1 Å². The van der Waals surface area contributed by atoms with Crippen LogP contribution in [0.15, 0.2) is 48.6 Å². The van der Waals surface area contributed by atoms with Crippen molar-refractivity contribution in [3.05, 3.63) is 48.6 Å². The number of rotatable bonds is 64. The number of nitrogens with zero attached hydrogens (tertiary/aromatic N) is 1. The molecule has 0 bridgehead atoms. The Bertz CT molecular complexity index is 1430. The van der Waals surface area contributed by atoms with Gasteiger partial charge in [0.05, 0.1) is 39.9 Å². The Hall–Kier alpha value is -1.54. The first-order valence-corrected chi connectivity index (χ1v) is 36.0. The molecule has 0 aromatic carbocycles. The Morgan fingerprint density at radius 2 is 0.696 bits per heavy atom. The van der Waals surface area contributed by atoms with Crippen molar-refractivity contribution in [1.82, 2.24) is 5.32 Å². The minimum absolute atomic E-state index is 0.0545. The fraction of sp³-hybridized carbons (Fsp3) is 0.871. The molecule has 0 saturated heterocycles. The largest absolute Gasteiger partial charge is 0.472 e. The first-order valence-electron chi connectivity index (χ1n) is 34.5. The number of hydrogen-bond acceptors (Lipinski definition) is 5. The third kappa shape index (κ3) is 63.9. The van der Waals surface area contributed by atoms with Crippen molar-refractivity contribution in [2.45, 2.75) is 353 Å². The number of unbranched alkanes of at least 4 members (excludes halogenated alkanes) is 45. The molecule has 466 valence electrons. The van der Waals surface area contributed by atoms with Crippen LogP contribution in [0.25, 0.3) is 0 Å². The molecule has 1 amide bonds. The second-order valence-corrected chi connectivity index (χ2v) is 26.3. The Balaban J connectivity index is 4.04. The van der Waals surface area contributed by atoms with E-state index in [4.69, 9.17) is 9.05 Å². The normalized spacial score (nSPS) is 14.0. The minimum Gasteiger partial charge on any atom is -0.387 e. The number of allylic oxidation sites excluding steroid dienone is 7. The van der Waals surface area contributed by atoms with Crippen molar-refractivity contribution < 1.29 is 32.9 Å². The third-order valence-electron chi connectivity index (χ3n) is 15.7. The number of quaternary nitrogens is 1. The average molecular weight is 1130 g/mol. The van der Waals surface area contributed by atoms with Gasteiger partial charge in [-0.2, -0.15) is 0 Å². The van der Waals surface area contributed by atoms with Gasteiger partial charge >= 0.3 is 7.82 Å². The molecule has 9 heteroatoms. The molecule has 0 saturated carbocycles. The molecule has 79 heavy (non-hydrogen) atoms. The second-order valence-electron chi connectivity index (χ2n) is 24.9. The number of aliphatic hydroxyl groups excluding tert-OH is 1. The van der Waals surface area contributed by atoms with Crippen molar-refractivity contribution >= 4 is 13.7 Å². The van der Waals surface area contributed by atoms with Gasteiger partial charge in [0.1, 0.15) is 13.2 Å². The monoisotopic (exact) mass is 1130 g/mol. The quantitative estimate of drug-likeness (QED) is 0.0243. The van der Waals surface area contributed by atoms with Gasteiger partial charge < -0.3 is 19.8 Å². The molecule has 3 unspecified atom stereocenters. The van der Waals surface area contributed by atoms with E-state index in [1.165, 1.54) is 276 Å². The summed E-state index contributed by atoms with van der Waals surface area (Å²) in [4.78, 5) is 23.4. The van der Waals surface area contributed by atoms with Crippen LogP contribution in [-0.4, -0.2) is 73.4 Å². The van der Waals surface area contributed by atoms with Gasteiger partial charge in [0, 0.05) is 6.42 Å². The van der Waals surface area contributed by atoms with Crippen molar-refractivity contribution in [2.75, 3.05) is 40.9 Å². The zero-order valence-corrected chi connectivity index (χ0v) is 54.3. The first kappa shape index (κ1) is 77.5. The maximum atomic E-state index is 13.0. The van der Waals surface area contributed by atoms with Crippen molar-refractivity contribution in [1.29, 1.82) is 0 Å². The van der Waals surface area contributed by atoms with Crippen molar-refractivity contribution in [2.24, 2.45) is 0 Å². The van der Waals surface area contributed by atoms with Gasteiger partial charge in [-0.1, -0.05) is 313 Å². The molecule has 0 radical (unpaired) electrons. The number of phosphoric acid groups is 1. The molecule has 3 N–H and O–H groups in total. The van der Waals surface area contributed by atoms with Crippen LogP contribution in [0.4, 0.5) is 0 Å².